The Labute approximate surface area is 202 Å². The number of nitrogens with one attached hydrogen (secondary N) is 2. The second-order valence-corrected chi connectivity index (χ2v) is 6.57. The molecule has 0 radical (unpaired) electrons. The van der Waals surface area contributed by atoms with Crippen molar-refractivity contribution < 1.29 is 18.9 Å². The zero-order chi connectivity index (χ0) is 21.8. The van der Waals surface area contributed by atoms with Gasteiger partial charge in [0.2, 0.25) is 0 Å². The molecule has 0 spiro atoms. The molecule has 7 nitrogen and oxygen atoms in total. The average molecular weight is 543 g/mol. The Bertz CT molecular complexity index is 830. The lowest BCUT2D eigenvalue weighted by atomic mass is 10.1. The molecule has 0 aliphatic heterocycles. The third-order valence-corrected chi connectivity index (χ3v) is 4.62. The molecule has 0 atom stereocenters. The Morgan fingerprint density at radius 1 is 0.742 bits per heavy atom. The number of rotatable bonds is 11. The molecule has 31 heavy (non-hydrogen) atoms. The largest absolute Gasteiger partial charge is 0.493 e. The van der Waals surface area contributed by atoms with Gasteiger partial charge in [-0.25, -0.2) is 0 Å². The third kappa shape index (κ3) is 8.35. The van der Waals surface area contributed by atoms with Crippen molar-refractivity contribution >= 4 is 29.9 Å². The number of halogens is 1. The van der Waals surface area contributed by atoms with Gasteiger partial charge in [-0.05, 0) is 55.2 Å². The maximum Gasteiger partial charge on any atom is 0.191 e. The zero-order valence-electron chi connectivity index (χ0n) is 19.0. The van der Waals surface area contributed by atoms with E-state index in [1.165, 1.54) is 5.56 Å². The number of methoxy groups -OCH3 is 4. The summed E-state index contributed by atoms with van der Waals surface area (Å²) in [6.07, 6.45) is 1.66. The standard InChI is InChI=1S/C23H33N3O4.HI/c1-6-24-23(25-13-11-17-7-9-19(27-2)21(15-17)29-4)26-14-12-18-8-10-20(28-3)22(16-18)30-5;/h7-10,15-16H,6,11-14H2,1-5H3,(H2,24,25,26);1H. The van der Waals surface area contributed by atoms with Crippen LogP contribution in [0.5, 0.6) is 23.0 Å². The molecule has 0 fully saturated rings. The molecule has 0 bridgehead atoms. The van der Waals surface area contributed by atoms with Gasteiger partial charge in [-0.2, -0.15) is 0 Å². The molecule has 2 aromatic carbocycles. The zero-order valence-corrected chi connectivity index (χ0v) is 21.3. The van der Waals surface area contributed by atoms with Crippen LogP contribution in [-0.4, -0.2) is 54.0 Å². The van der Waals surface area contributed by atoms with Crippen LogP contribution in [-0.2, 0) is 12.8 Å². The second-order valence-electron chi connectivity index (χ2n) is 6.57. The van der Waals surface area contributed by atoms with Crippen LogP contribution >= 0.6 is 24.0 Å². The summed E-state index contributed by atoms with van der Waals surface area (Å²) in [6, 6.07) is 11.9. The molecule has 0 aliphatic carbocycles. The summed E-state index contributed by atoms with van der Waals surface area (Å²) >= 11 is 0. The number of benzene rings is 2. The topological polar surface area (TPSA) is 73.3 Å². The molecule has 2 aromatic rings. The van der Waals surface area contributed by atoms with Gasteiger partial charge >= 0.3 is 0 Å². The second kappa shape index (κ2) is 14.6. The average Bonchev–Trinajstić information content (AvgIpc) is 2.78. The highest BCUT2D eigenvalue weighted by atomic mass is 127. The first-order chi connectivity index (χ1) is 14.6. The van der Waals surface area contributed by atoms with E-state index >= 15 is 0 Å². The predicted molar refractivity (Wildman–Crippen MR) is 136 cm³/mol. The molecule has 0 heterocycles. The van der Waals surface area contributed by atoms with E-state index < -0.39 is 0 Å². The van der Waals surface area contributed by atoms with Crippen LogP contribution in [0.25, 0.3) is 0 Å². The van der Waals surface area contributed by atoms with Crippen molar-refractivity contribution in [2.75, 3.05) is 48.1 Å². The van der Waals surface area contributed by atoms with Gasteiger partial charge in [0.05, 0.1) is 28.4 Å². The number of guanidine groups is 1. The highest BCUT2D eigenvalue weighted by Crippen LogP contribution is 2.28. The van der Waals surface area contributed by atoms with Gasteiger partial charge in [-0.1, -0.05) is 12.1 Å². The van der Waals surface area contributed by atoms with E-state index in [1.807, 2.05) is 36.4 Å². The molecule has 0 aromatic heterocycles. The van der Waals surface area contributed by atoms with E-state index in [9.17, 15) is 0 Å². The lowest BCUT2D eigenvalue weighted by Crippen LogP contribution is -2.38. The Balaban J connectivity index is 0.00000480. The summed E-state index contributed by atoms with van der Waals surface area (Å²) in [4.78, 5) is 4.68. The molecular weight excluding hydrogens is 509 g/mol. The number of hydrogen-bond donors (Lipinski definition) is 2. The molecule has 0 aliphatic rings. The highest BCUT2D eigenvalue weighted by Gasteiger charge is 2.06. The minimum Gasteiger partial charge on any atom is -0.493 e. The van der Waals surface area contributed by atoms with Gasteiger partial charge in [0, 0.05) is 19.6 Å². The lowest BCUT2D eigenvalue weighted by Gasteiger charge is -2.13. The summed E-state index contributed by atoms with van der Waals surface area (Å²) in [7, 11) is 6.57. The molecule has 2 N–H and O–H groups in total. The SMILES string of the molecule is CCNC(=NCCc1ccc(OC)c(OC)c1)NCCc1ccc(OC)c(OC)c1.I. The van der Waals surface area contributed by atoms with Gasteiger partial charge in [0.25, 0.3) is 0 Å². The highest BCUT2D eigenvalue weighted by molar-refractivity contribution is 14.0. The maximum absolute atomic E-state index is 5.37. The number of hydrogen-bond acceptors (Lipinski definition) is 5. The van der Waals surface area contributed by atoms with E-state index in [0.29, 0.717) is 6.54 Å². The monoisotopic (exact) mass is 543 g/mol. The van der Waals surface area contributed by atoms with Crippen LogP contribution in [0.15, 0.2) is 41.4 Å². The smallest absolute Gasteiger partial charge is 0.191 e. The van der Waals surface area contributed by atoms with Crippen LogP contribution in [0.3, 0.4) is 0 Å². The van der Waals surface area contributed by atoms with Crippen molar-refractivity contribution in [2.45, 2.75) is 19.8 Å². The quantitative estimate of drug-likeness (QED) is 0.256. The normalized spacial score (nSPS) is 10.7. The van der Waals surface area contributed by atoms with Crippen LogP contribution in [0.2, 0.25) is 0 Å². The van der Waals surface area contributed by atoms with Crippen molar-refractivity contribution in [2.24, 2.45) is 4.99 Å². The molecule has 0 saturated heterocycles. The van der Waals surface area contributed by atoms with E-state index in [0.717, 1.165) is 60.5 Å². The Morgan fingerprint density at radius 3 is 1.74 bits per heavy atom. The van der Waals surface area contributed by atoms with E-state index in [1.54, 1.807) is 28.4 Å². The van der Waals surface area contributed by atoms with Crippen LogP contribution in [0.4, 0.5) is 0 Å². The van der Waals surface area contributed by atoms with E-state index in [4.69, 9.17) is 18.9 Å². The van der Waals surface area contributed by atoms with Crippen molar-refractivity contribution in [3.63, 3.8) is 0 Å². The predicted octanol–water partition coefficient (Wildman–Crippen LogP) is 3.68. The molecule has 0 amide bonds. The van der Waals surface area contributed by atoms with Crippen LogP contribution < -0.4 is 29.6 Å². The summed E-state index contributed by atoms with van der Waals surface area (Å²) in [6.45, 7) is 4.29. The van der Waals surface area contributed by atoms with Crippen LogP contribution in [0, 0.1) is 0 Å². The van der Waals surface area contributed by atoms with E-state index in [-0.39, 0.29) is 24.0 Å². The Morgan fingerprint density at radius 2 is 1.26 bits per heavy atom. The molecule has 8 heteroatoms. The van der Waals surface area contributed by atoms with Crippen molar-refractivity contribution in [3.8, 4) is 23.0 Å². The summed E-state index contributed by atoms with van der Waals surface area (Å²) in [5, 5.41) is 6.67. The summed E-state index contributed by atoms with van der Waals surface area (Å²) in [5.74, 6) is 3.75. The maximum atomic E-state index is 5.37. The Kier molecular flexibility index (Phi) is 12.6. The van der Waals surface area contributed by atoms with Gasteiger partial charge in [0.1, 0.15) is 0 Å². The minimum atomic E-state index is 0. The van der Waals surface area contributed by atoms with Crippen LogP contribution in [0.1, 0.15) is 18.1 Å². The lowest BCUT2D eigenvalue weighted by molar-refractivity contribution is 0.354. The first kappa shape index (κ1) is 26.7. The molecule has 0 saturated carbocycles. The van der Waals surface area contributed by atoms with Crippen molar-refractivity contribution in [1.29, 1.82) is 0 Å². The van der Waals surface area contributed by atoms with Gasteiger partial charge in [0.15, 0.2) is 29.0 Å². The van der Waals surface area contributed by atoms with Gasteiger partial charge in [-0.3, -0.25) is 4.99 Å². The van der Waals surface area contributed by atoms with Gasteiger partial charge < -0.3 is 29.6 Å². The molecule has 0 unspecified atom stereocenters. The first-order valence-corrected chi connectivity index (χ1v) is 10.1. The molecule has 2 rings (SSSR count). The molecule has 172 valence electrons. The fourth-order valence-electron chi connectivity index (χ4n) is 3.04. The fourth-order valence-corrected chi connectivity index (χ4v) is 3.04. The summed E-state index contributed by atoms with van der Waals surface area (Å²) < 4.78 is 21.3. The number of aliphatic imine (C=N–C) groups is 1. The third-order valence-electron chi connectivity index (χ3n) is 4.62. The molecular formula is C23H34IN3O4. The van der Waals surface area contributed by atoms with Crippen molar-refractivity contribution in [1.82, 2.24) is 10.6 Å². The van der Waals surface area contributed by atoms with E-state index in [2.05, 4.69) is 22.5 Å². The number of nitrogens with zero attached hydrogens (tertiary/aromatic N) is 1. The summed E-state index contributed by atoms with van der Waals surface area (Å²) in [5.41, 5.74) is 2.32. The van der Waals surface area contributed by atoms with Crippen molar-refractivity contribution in [3.05, 3.63) is 47.5 Å². The Hall–Kier alpha value is -2.36. The number of ether oxygens (including phenoxy) is 4. The fraction of sp³-hybridized carbons (Fsp3) is 0.435. The first-order valence-electron chi connectivity index (χ1n) is 10.1. The van der Waals surface area contributed by atoms with Gasteiger partial charge in [-0.15, -0.1) is 24.0 Å². The minimum absolute atomic E-state index is 0.